The van der Waals surface area contributed by atoms with Crippen molar-refractivity contribution in [1.82, 2.24) is 9.55 Å². The van der Waals surface area contributed by atoms with Gasteiger partial charge in [-0.25, -0.2) is 0 Å². The van der Waals surface area contributed by atoms with E-state index in [0.717, 1.165) is 16.8 Å². The number of aromatic nitrogens is 2. The van der Waals surface area contributed by atoms with Gasteiger partial charge in [-0.3, -0.25) is 4.79 Å². The molecule has 0 aliphatic rings. The molecule has 0 amide bonds. The van der Waals surface area contributed by atoms with Crippen LogP contribution in [0.2, 0.25) is 0 Å². The Hall–Kier alpha value is -1.82. The van der Waals surface area contributed by atoms with Crippen molar-refractivity contribution in [2.24, 2.45) is 0 Å². The van der Waals surface area contributed by atoms with E-state index in [1.165, 1.54) is 7.11 Å². The number of aromatic amines is 1. The predicted molar refractivity (Wildman–Crippen MR) is 70.3 cm³/mol. The number of nitrogens with zero attached hydrogens (tertiary/aromatic N) is 1. The average Bonchev–Trinajstić information content (AvgIpc) is 2.68. The van der Waals surface area contributed by atoms with Gasteiger partial charge in [0.15, 0.2) is 4.77 Å². The number of H-pyrrole nitrogens is 1. The number of methoxy groups -OCH3 is 1. The summed E-state index contributed by atoms with van der Waals surface area (Å²) in [5, 5.41) is 0. The van der Waals surface area contributed by atoms with Gasteiger partial charge in [0, 0.05) is 0 Å². The lowest BCUT2D eigenvalue weighted by Gasteiger charge is -2.05. The lowest BCUT2D eigenvalue weighted by molar-refractivity contribution is -0.141. The van der Waals surface area contributed by atoms with Crippen molar-refractivity contribution in [2.45, 2.75) is 13.5 Å². The van der Waals surface area contributed by atoms with Crippen LogP contribution in [0.4, 0.5) is 0 Å². The van der Waals surface area contributed by atoms with Crippen LogP contribution < -0.4 is 4.74 Å². The highest BCUT2D eigenvalue weighted by Gasteiger charge is 2.11. The Morgan fingerprint density at radius 1 is 1.50 bits per heavy atom. The minimum atomic E-state index is -0.339. The van der Waals surface area contributed by atoms with E-state index in [1.54, 1.807) is 4.57 Å². The van der Waals surface area contributed by atoms with Crippen LogP contribution in [0.1, 0.15) is 6.92 Å². The van der Waals surface area contributed by atoms with Gasteiger partial charge in [-0.1, -0.05) is 6.07 Å². The van der Waals surface area contributed by atoms with Crippen LogP contribution >= 0.6 is 12.2 Å². The fourth-order valence-corrected chi connectivity index (χ4v) is 2.05. The maximum atomic E-state index is 11.4. The van der Waals surface area contributed by atoms with Crippen LogP contribution in [0.15, 0.2) is 18.2 Å². The number of carbonyl (C=O) groups excluding carboxylic acids is 1. The number of rotatable bonds is 4. The number of esters is 1. The van der Waals surface area contributed by atoms with Gasteiger partial charge >= 0.3 is 5.97 Å². The van der Waals surface area contributed by atoms with E-state index in [0.29, 0.717) is 11.4 Å². The molecule has 0 fully saturated rings. The van der Waals surface area contributed by atoms with Gasteiger partial charge in [-0.2, -0.15) is 0 Å². The first kappa shape index (κ1) is 12.6. The number of benzene rings is 1. The van der Waals surface area contributed by atoms with Crippen molar-refractivity contribution in [1.29, 1.82) is 0 Å². The van der Waals surface area contributed by atoms with E-state index in [-0.39, 0.29) is 12.5 Å². The molecule has 1 aromatic carbocycles. The van der Waals surface area contributed by atoms with Crippen LogP contribution in [0.3, 0.4) is 0 Å². The Morgan fingerprint density at radius 3 is 2.94 bits per heavy atom. The number of fused-ring (bicyclic) bond motifs is 1. The summed E-state index contributed by atoms with van der Waals surface area (Å²) in [4.78, 5) is 14.4. The Bertz CT molecular complexity index is 630. The molecule has 6 heteroatoms. The normalized spacial score (nSPS) is 10.6. The van der Waals surface area contributed by atoms with Gasteiger partial charge in [0.1, 0.15) is 17.8 Å². The number of carbonyl (C=O) groups is 1. The topological polar surface area (TPSA) is 56.2 Å². The Balaban J connectivity index is 2.54. The van der Waals surface area contributed by atoms with Crippen molar-refractivity contribution in [3.63, 3.8) is 0 Å². The molecule has 96 valence electrons. The largest absolute Gasteiger partial charge is 0.492 e. The third-order valence-corrected chi connectivity index (χ3v) is 2.91. The molecule has 0 saturated heterocycles. The van der Waals surface area contributed by atoms with Crippen molar-refractivity contribution in [3.05, 3.63) is 23.0 Å². The highest BCUT2D eigenvalue weighted by atomic mass is 32.1. The van der Waals surface area contributed by atoms with Crippen molar-refractivity contribution >= 4 is 29.2 Å². The Labute approximate surface area is 109 Å². The molecule has 2 rings (SSSR count). The monoisotopic (exact) mass is 266 g/mol. The summed E-state index contributed by atoms with van der Waals surface area (Å²) in [6, 6.07) is 5.61. The maximum absolute atomic E-state index is 11.4. The van der Waals surface area contributed by atoms with Gasteiger partial charge in [0.05, 0.1) is 19.2 Å². The van der Waals surface area contributed by atoms with E-state index in [2.05, 4.69) is 9.72 Å². The molecule has 0 radical (unpaired) electrons. The fraction of sp³-hybridized carbons (Fsp3) is 0.333. The molecule has 0 spiro atoms. The van der Waals surface area contributed by atoms with E-state index in [4.69, 9.17) is 17.0 Å². The zero-order valence-electron chi connectivity index (χ0n) is 10.2. The summed E-state index contributed by atoms with van der Waals surface area (Å²) in [6.45, 7) is 2.58. The average molecular weight is 266 g/mol. The van der Waals surface area contributed by atoms with Crippen molar-refractivity contribution < 1.29 is 14.3 Å². The summed E-state index contributed by atoms with van der Waals surface area (Å²) in [7, 11) is 1.35. The summed E-state index contributed by atoms with van der Waals surface area (Å²) in [5.41, 5.74) is 1.63. The Morgan fingerprint density at radius 2 is 2.28 bits per heavy atom. The molecule has 0 aliphatic carbocycles. The highest BCUT2D eigenvalue weighted by molar-refractivity contribution is 7.71. The van der Waals surface area contributed by atoms with E-state index < -0.39 is 0 Å². The molecule has 18 heavy (non-hydrogen) atoms. The summed E-state index contributed by atoms with van der Waals surface area (Å²) >= 11 is 5.21. The zero-order chi connectivity index (χ0) is 13.1. The number of nitrogens with one attached hydrogen (secondary N) is 1. The molecule has 0 saturated carbocycles. The summed E-state index contributed by atoms with van der Waals surface area (Å²) in [5.74, 6) is 0.388. The van der Waals surface area contributed by atoms with Crippen LogP contribution in [-0.4, -0.2) is 29.2 Å². The van der Waals surface area contributed by atoms with Gasteiger partial charge in [0.2, 0.25) is 0 Å². The molecule has 0 bridgehead atoms. The SMILES string of the molecule is CCOc1cccc2c1[nH]c(=S)n2CC(=O)OC. The second-order valence-electron chi connectivity index (χ2n) is 3.68. The minimum Gasteiger partial charge on any atom is -0.492 e. The Kier molecular flexibility index (Phi) is 3.66. The van der Waals surface area contributed by atoms with E-state index >= 15 is 0 Å². The third kappa shape index (κ3) is 2.24. The molecule has 1 aromatic heterocycles. The van der Waals surface area contributed by atoms with Crippen LogP contribution in [0.25, 0.3) is 11.0 Å². The van der Waals surface area contributed by atoms with Gasteiger partial charge in [-0.15, -0.1) is 0 Å². The van der Waals surface area contributed by atoms with Crippen LogP contribution in [0.5, 0.6) is 5.75 Å². The second kappa shape index (κ2) is 5.22. The predicted octanol–water partition coefficient (Wildman–Crippen LogP) is 2.27. The number of imidazole rings is 1. The molecule has 1 heterocycles. The van der Waals surface area contributed by atoms with Crippen molar-refractivity contribution in [2.75, 3.05) is 13.7 Å². The second-order valence-corrected chi connectivity index (χ2v) is 4.06. The number of hydrogen-bond acceptors (Lipinski definition) is 4. The number of para-hydroxylation sites is 1. The highest BCUT2D eigenvalue weighted by Crippen LogP contribution is 2.24. The summed E-state index contributed by atoms with van der Waals surface area (Å²) < 4.78 is 12.3. The lowest BCUT2D eigenvalue weighted by atomic mass is 10.3. The lowest BCUT2D eigenvalue weighted by Crippen LogP contribution is -2.11. The molecule has 0 atom stereocenters. The first-order valence-electron chi connectivity index (χ1n) is 5.58. The number of hydrogen-bond donors (Lipinski definition) is 1. The molecule has 2 aromatic rings. The van der Waals surface area contributed by atoms with Crippen molar-refractivity contribution in [3.8, 4) is 5.75 Å². The molecular formula is C12H14N2O3S. The zero-order valence-corrected chi connectivity index (χ0v) is 11.0. The first-order chi connectivity index (χ1) is 8.67. The summed E-state index contributed by atoms with van der Waals surface area (Å²) in [6.07, 6.45) is 0. The molecule has 1 N–H and O–H groups in total. The minimum absolute atomic E-state index is 0.0882. The third-order valence-electron chi connectivity index (χ3n) is 2.59. The van der Waals surface area contributed by atoms with E-state index in [1.807, 2.05) is 25.1 Å². The van der Waals surface area contributed by atoms with Crippen LogP contribution in [0, 0.1) is 4.77 Å². The van der Waals surface area contributed by atoms with Crippen LogP contribution in [-0.2, 0) is 16.1 Å². The first-order valence-corrected chi connectivity index (χ1v) is 5.99. The maximum Gasteiger partial charge on any atom is 0.325 e. The molecular weight excluding hydrogens is 252 g/mol. The molecule has 5 nitrogen and oxygen atoms in total. The van der Waals surface area contributed by atoms with Gasteiger partial charge in [-0.05, 0) is 31.3 Å². The molecule has 0 aliphatic heterocycles. The number of ether oxygens (including phenoxy) is 2. The standard InChI is InChI=1S/C12H14N2O3S/c1-3-17-9-6-4-5-8-11(9)13-12(18)14(8)7-10(15)16-2/h4-6H,3,7H2,1-2H3,(H,13,18). The van der Waals surface area contributed by atoms with E-state index in [9.17, 15) is 4.79 Å². The molecule has 0 unspecified atom stereocenters. The quantitative estimate of drug-likeness (QED) is 0.681. The van der Waals surface area contributed by atoms with Gasteiger partial charge in [0.25, 0.3) is 0 Å². The smallest absolute Gasteiger partial charge is 0.325 e. The fourth-order valence-electron chi connectivity index (χ4n) is 1.78. The van der Waals surface area contributed by atoms with Gasteiger partial charge < -0.3 is 19.0 Å².